The number of ether oxygens (including phenoxy) is 1. The zero-order valence-corrected chi connectivity index (χ0v) is 12.3. The van der Waals surface area contributed by atoms with Crippen LogP contribution in [0.2, 0.25) is 0 Å². The van der Waals surface area contributed by atoms with Crippen molar-refractivity contribution in [2.75, 3.05) is 13.7 Å². The van der Waals surface area contributed by atoms with Gasteiger partial charge in [-0.15, -0.1) is 0 Å². The van der Waals surface area contributed by atoms with Crippen molar-refractivity contribution in [1.29, 1.82) is 0 Å². The molecule has 1 fully saturated rings. The molecule has 3 nitrogen and oxygen atoms in total. The number of hydrogen-bond acceptors (Lipinski definition) is 3. The summed E-state index contributed by atoms with van der Waals surface area (Å²) in [4.78, 5) is 2.57. The molecule has 19 heavy (non-hydrogen) atoms. The third kappa shape index (κ3) is 3.10. The molecule has 1 aromatic rings. The minimum absolute atomic E-state index is 0.0192. The van der Waals surface area contributed by atoms with E-state index >= 15 is 0 Å². The lowest BCUT2D eigenvalue weighted by Gasteiger charge is -2.30. The van der Waals surface area contributed by atoms with Crippen LogP contribution in [0.15, 0.2) is 24.3 Å². The van der Waals surface area contributed by atoms with Gasteiger partial charge in [-0.05, 0) is 32.3 Å². The number of para-hydroxylation sites is 1. The van der Waals surface area contributed by atoms with Crippen LogP contribution in [0, 0.1) is 0 Å². The second kappa shape index (κ2) is 6.40. The fourth-order valence-electron chi connectivity index (χ4n) is 3.19. The number of methoxy groups -OCH3 is 1. The highest BCUT2D eigenvalue weighted by Gasteiger charge is 2.30. The van der Waals surface area contributed by atoms with Crippen LogP contribution in [0.3, 0.4) is 0 Å². The fraction of sp³-hybridized carbons (Fsp3) is 0.625. The van der Waals surface area contributed by atoms with Crippen molar-refractivity contribution < 1.29 is 4.74 Å². The highest BCUT2D eigenvalue weighted by atomic mass is 16.5. The molecule has 106 valence electrons. The van der Waals surface area contributed by atoms with E-state index in [1.807, 2.05) is 18.2 Å². The molecular weight excluding hydrogens is 236 g/mol. The number of likely N-dealkylation sites (tertiary alicyclic amines) is 1. The Morgan fingerprint density at radius 1 is 1.37 bits per heavy atom. The Morgan fingerprint density at radius 3 is 2.79 bits per heavy atom. The van der Waals surface area contributed by atoms with Gasteiger partial charge in [0.05, 0.1) is 7.11 Å². The summed E-state index contributed by atoms with van der Waals surface area (Å²) in [5.74, 6) is 0.898. The molecule has 1 aliphatic rings. The van der Waals surface area contributed by atoms with E-state index in [1.54, 1.807) is 7.11 Å². The number of hydrogen-bond donors (Lipinski definition) is 1. The molecule has 0 amide bonds. The van der Waals surface area contributed by atoms with Gasteiger partial charge in [0.1, 0.15) is 5.75 Å². The Balaban J connectivity index is 2.09. The molecule has 3 atom stereocenters. The summed E-state index contributed by atoms with van der Waals surface area (Å²) in [7, 11) is 1.71. The second-order valence-corrected chi connectivity index (χ2v) is 5.53. The van der Waals surface area contributed by atoms with E-state index in [4.69, 9.17) is 10.5 Å². The molecule has 3 heteroatoms. The standard InChI is InChI=1S/C16H26N2O/c1-4-13-10-9-12(2)18(13)11-15(17)14-7-5-6-8-16(14)19-3/h5-8,12-13,15H,4,9-11,17H2,1-3H3. The lowest BCUT2D eigenvalue weighted by Crippen LogP contribution is -2.39. The quantitative estimate of drug-likeness (QED) is 0.886. The maximum atomic E-state index is 6.41. The minimum Gasteiger partial charge on any atom is -0.496 e. The second-order valence-electron chi connectivity index (χ2n) is 5.53. The number of benzene rings is 1. The van der Waals surface area contributed by atoms with Gasteiger partial charge in [0, 0.05) is 30.2 Å². The van der Waals surface area contributed by atoms with Crippen LogP contribution in [-0.4, -0.2) is 30.6 Å². The molecule has 0 bridgehead atoms. The topological polar surface area (TPSA) is 38.5 Å². The van der Waals surface area contributed by atoms with E-state index in [2.05, 4.69) is 24.8 Å². The summed E-state index contributed by atoms with van der Waals surface area (Å²) >= 11 is 0. The maximum Gasteiger partial charge on any atom is 0.123 e. The predicted octanol–water partition coefficient (Wildman–Crippen LogP) is 2.96. The highest BCUT2D eigenvalue weighted by molar-refractivity contribution is 5.35. The van der Waals surface area contributed by atoms with Crippen molar-refractivity contribution in [2.45, 2.75) is 51.2 Å². The van der Waals surface area contributed by atoms with Crippen molar-refractivity contribution in [3.63, 3.8) is 0 Å². The molecule has 2 N–H and O–H groups in total. The largest absolute Gasteiger partial charge is 0.496 e. The predicted molar refractivity (Wildman–Crippen MR) is 79.4 cm³/mol. The fourth-order valence-corrected chi connectivity index (χ4v) is 3.19. The molecule has 0 aliphatic carbocycles. The van der Waals surface area contributed by atoms with E-state index < -0.39 is 0 Å². The number of rotatable bonds is 5. The van der Waals surface area contributed by atoms with E-state index in [9.17, 15) is 0 Å². The minimum atomic E-state index is 0.0192. The van der Waals surface area contributed by atoms with Crippen LogP contribution in [0.1, 0.15) is 44.7 Å². The SMILES string of the molecule is CCC1CCC(C)N1CC(N)c1ccccc1OC. The normalized spacial score (nSPS) is 25.5. The van der Waals surface area contributed by atoms with Crippen molar-refractivity contribution >= 4 is 0 Å². The Morgan fingerprint density at radius 2 is 2.11 bits per heavy atom. The summed E-state index contributed by atoms with van der Waals surface area (Å²) in [5, 5.41) is 0. The summed E-state index contributed by atoms with van der Waals surface area (Å²) in [6.45, 7) is 5.50. The molecule has 1 aromatic carbocycles. The van der Waals surface area contributed by atoms with Crippen LogP contribution >= 0.6 is 0 Å². The number of nitrogens with zero attached hydrogens (tertiary/aromatic N) is 1. The molecular formula is C16H26N2O. The molecule has 1 aliphatic heterocycles. The van der Waals surface area contributed by atoms with Gasteiger partial charge in [0.25, 0.3) is 0 Å². The molecule has 0 spiro atoms. The van der Waals surface area contributed by atoms with Gasteiger partial charge >= 0.3 is 0 Å². The maximum absolute atomic E-state index is 6.41. The Kier molecular flexibility index (Phi) is 4.83. The lowest BCUT2D eigenvalue weighted by atomic mass is 10.0. The molecule has 1 heterocycles. The van der Waals surface area contributed by atoms with Crippen LogP contribution in [0.5, 0.6) is 5.75 Å². The van der Waals surface area contributed by atoms with E-state index in [0.717, 1.165) is 17.9 Å². The average molecular weight is 262 g/mol. The smallest absolute Gasteiger partial charge is 0.123 e. The van der Waals surface area contributed by atoms with Crippen LogP contribution in [0.4, 0.5) is 0 Å². The first kappa shape index (κ1) is 14.4. The summed E-state index contributed by atoms with van der Waals surface area (Å²) in [5.41, 5.74) is 7.52. The molecule has 3 unspecified atom stereocenters. The first-order valence-corrected chi connectivity index (χ1v) is 7.31. The van der Waals surface area contributed by atoms with E-state index in [0.29, 0.717) is 12.1 Å². The summed E-state index contributed by atoms with van der Waals surface area (Å²) in [6.07, 6.45) is 3.80. The Labute approximate surface area is 116 Å². The molecule has 1 saturated heterocycles. The van der Waals surface area contributed by atoms with Crippen LogP contribution in [-0.2, 0) is 0 Å². The van der Waals surface area contributed by atoms with Crippen LogP contribution in [0.25, 0.3) is 0 Å². The molecule has 0 aromatic heterocycles. The number of nitrogens with two attached hydrogens (primary N) is 1. The van der Waals surface area contributed by atoms with Gasteiger partial charge < -0.3 is 10.5 Å². The Hall–Kier alpha value is -1.06. The highest BCUT2D eigenvalue weighted by Crippen LogP contribution is 2.30. The van der Waals surface area contributed by atoms with Crippen molar-refractivity contribution in [1.82, 2.24) is 4.90 Å². The van der Waals surface area contributed by atoms with Crippen molar-refractivity contribution in [2.24, 2.45) is 5.73 Å². The zero-order chi connectivity index (χ0) is 13.8. The van der Waals surface area contributed by atoms with Gasteiger partial charge in [0.15, 0.2) is 0 Å². The molecule has 0 radical (unpaired) electrons. The first-order valence-electron chi connectivity index (χ1n) is 7.31. The Bertz CT molecular complexity index is 407. The van der Waals surface area contributed by atoms with Gasteiger partial charge in [-0.1, -0.05) is 25.1 Å². The van der Waals surface area contributed by atoms with Gasteiger partial charge in [0.2, 0.25) is 0 Å². The van der Waals surface area contributed by atoms with E-state index in [1.165, 1.54) is 19.3 Å². The zero-order valence-electron chi connectivity index (χ0n) is 12.3. The van der Waals surface area contributed by atoms with Crippen molar-refractivity contribution in [3.8, 4) is 5.75 Å². The lowest BCUT2D eigenvalue weighted by molar-refractivity contribution is 0.186. The third-order valence-corrected chi connectivity index (χ3v) is 4.37. The monoisotopic (exact) mass is 262 g/mol. The van der Waals surface area contributed by atoms with Gasteiger partial charge in [-0.3, -0.25) is 4.90 Å². The van der Waals surface area contributed by atoms with Gasteiger partial charge in [-0.25, -0.2) is 0 Å². The van der Waals surface area contributed by atoms with Gasteiger partial charge in [-0.2, -0.15) is 0 Å². The average Bonchev–Trinajstić information content (AvgIpc) is 2.79. The molecule has 2 rings (SSSR count). The molecule has 0 saturated carbocycles. The summed E-state index contributed by atoms with van der Waals surface area (Å²) in [6, 6.07) is 9.43. The summed E-state index contributed by atoms with van der Waals surface area (Å²) < 4.78 is 5.41. The third-order valence-electron chi connectivity index (χ3n) is 4.37. The first-order chi connectivity index (χ1) is 9.17. The van der Waals surface area contributed by atoms with Crippen LogP contribution < -0.4 is 10.5 Å². The van der Waals surface area contributed by atoms with Crippen molar-refractivity contribution in [3.05, 3.63) is 29.8 Å². The van der Waals surface area contributed by atoms with E-state index in [-0.39, 0.29) is 6.04 Å².